The van der Waals surface area contributed by atoms with Crippen LogP contribution in [0.2, 0.25) is 0 Å². The zero-order valence-electron chi connectivity index (χ0n) is 9.64. The van der Waals surface area contributed by atoms with E-state index in [1.807, 2.05) is 32.1 Å². The van der Waals surface area contributed by atoms with Gasteiger partial charge < -0.3 is 0 Å². The molecule has 0 saturated carbocycles. The van der Waals surface area contributed by atoms with Crippen LogP contribution < -0.4 is 0 Å². The van der Waals surface area contributed by atoms with Gasteiger partial charge in [-0.2, -0.15) is 0 Å². The van der Waals surface area contributed by atoms with Crippen molar-refractivity contribution < 1.29 is 0 Å². The van der Waals surface area contributed by atoms with Crippen LogP contribution >= 0.6 is 0 Å². The molecule has 0 aliphatic carbocycles. The molecule has 0 aliphatic heterocycles. The summed E-state index contributed by atoms with van der Waals surface area (Å²) in [6, 6.07) is 0. The van der Waals surface area contributed by atoms with Gasteiger partial charge in [-0.3, -0.25) is 0 Å². The highest BCUT2D eigenvalue weighted by molar-refractivity contribution is 5.21. The molecule has 0 bridgehead atoms. The molecule has 0 radical (unpaired) electrons. The largest absolute Gasteiger partial charge is 0.0991 e. The maximum absolute atomic E-state index is 3.75. The van der Waals surface area contributed by atoms with Gasteiger partial charge in [0.2, 0.25) is 0 Å². The Morgan fingerprint density at radius 2 is 1.85 bits per heavy atom. The molecule has 0 N–H and O–H groups in total. The third-order valence-corrected chi connectivity index (χ3v) is 1.88. The number of rotatable bonds is 5. The molecule has 0 aromatic carbocycles. The van der Waals surface area contributed by atoms with E-state index in [0.29, 0.717) is 0 Å². The van der Waals surface area contributed by atoms with E-state index in [0.717, 1.165) is 12.3 Å². The quantitative estimate of drug-likeness (QED) is 0.536. The first-order valence-electron chi connectivity index (χ1n) is 5.18. The standard InChI is InChI=1S/C11H18.C2H6/c1-5-8-11(7-3)9-10(4)6-2;1-2/h5,7-8,10H,1,3,6,9H2,2,4H3;1-2H3/b11-8+;. The molecule has 0 aromatic rings. The highest BCUT2D eigenvalue weighted by atomic mass is 14.0. The summed E-state index contributed by atoms with van der Waals surface area (Å²) in [6.07, 6.45) is 8.10. The fraction of sp³-hybridized carbons (Fsp3) is 0.538. The average molecular weight is 180 g/mol. The number of allylic oxidation sites excluding steroid dienone is 4. The third kappa shape index (κ3) is 9.13. The first-order valence-corrected chi connectivity index (χ1v) is 5.18. The summed E-state index contributed by atoms with van der Waals surface area (Å²) < 4.78 is 0. The molecular weight excluding hydrogens is 156 g/mol. The normalized spacial score (nSPS) is 12.5. The summed E-state index contributed by atoms with van der Waals surface area (Å²) in [5.74, 6) is 0.749. The average Bonchev–Trinajstić information content (AvgIpc) is 2.20. The Morgan fingerprint density at radius 1 is 1.31 bits per heavy atom. The number of hydrogen-bond acceptors (Lipinski definition) is 0. The molecule has 0 aliphatic rings. The first-order chi connectivity index (χ1) is 6.24. The Bertz CT molecular complexity index is 151. The summed E-state index contributed by atoms with van der Waals surface area (Å²) in [5.41, 5.74) is 1.29. The molecule has 0 aromatic heterocycles. The van der Waals surface area contributed by atoms with E-state index >= 15 is 0 Å². The highest BCUT2D eigenvalue weighted by Gasteiger charge is 1.99. The lowest BCUT2D eigenvalue weighted by molar-refractivity contribution is 0.562. The maximum atomic E-state index is 3.75. The number of hydrogen-bond donors (Lipinski definition) is 0. The molecule has 0 spiro atoms. The van der Waals surface area contributed by atoms with Gasteiger partial charge in [-0.25, -0.2) is 0 Å². The van der Waals surface area contributed by atoms with E-state index in [1.165, 1.54) is 12.0 Å². The van der Waals surface area contributed by atoms with Crippen LogP contribution in [-0.4, -0.2) is 0 Å². The Hall–Kier alpha value is -0.780. The predicted octanol–water partition coefficient (Wildman–Crippen LogP) is 4.75. The van der Waals surface area contributed by atoms with Crippen molar-refractivity contribution in [3.63, 3.8) is 0 Å². The van der Waals surface area contributed by atoms with Gasteiger partial charge in [0.15, 0.2) is 0 Å². The van der Waals surface area contributed by atoms with Crippen molar-refractivity contribution in [1.29, 1.82) is 0 Å². The molecule has 0 amide bonds. The minimum Gasteiger partial charge on any atom is -0.0991 e. The van der Waals surface area contributed by atoms with Gasteiger partial charge >= 0.3 is 0 Å². The van der Waals surface area contributed by atoms with Crippen LogP contribution in [0.25, 0.3) is 0 Å². The smallest absolute Gasteiger partial charge is 0.0253 e. The molecule has 13 heavy (non-hydrogen) atoms. The second-order valence-corrected chi connectivity index (χ2v) is 2.90. The fourth-order valence-electron chi connectivity index (χ4n) is 0.917. The summed E-state index contributed by atoms with van der Waals surface area (Å²) in [5, 5.41) is 0. The van der Waals surface area contributed by atoms with Crippen molar-refractivity contribution in [3.8, 4) is 0 Å². The summed E-state index contributed by atoms with van der Waals surface area (Å²) in [7, 11) is 0. The van der Waals surface area contributed by atoms with E-state index in [2.05, 4.69) is 27.0 Å². The van der Waals surface area contributed by atoms with E-state index in [9.17, 15) is 0 Å². The summed E-state index contributed by atoms with van der Waals surface area (Å²) in [6.45, 7) is 15.9. The van der Waals surface area contributed by atoms with E-state index in [1.54, 1.807) is 0 Å². The summed E-state index contributed by atoms with van der Waals surface area (Å²) >= 11 is 0. The topological polar surface area (TPSA) is 0 Å². The highest BCUT2D eigenvalue weighted by Crippen LogP contribution is 2.14. The third-order valence-electron chi connectivity index (χ3n) is 1.88. The predicted molar refractivity (Wildman–Crippen MR) is 63.9 cm³/mol. The van der Waals surface area contributed by atoms with Crippen molar-refractivity contribution in [2.45, 2.75) is 40.5 Å². The Morgan fingerprint density at radius 3 is 2.15 bits per heavy atom. The molecule has 0 rings (SSSR count). The lowest BCUT2D eigenvalue weighted by atomic mass is 9.99. The van der Waals surface area contributed by atoms with Crippen molar-refractivity contribution >= 4 is 0 Å². The van der Waals surface area contributed by atoms with Crippen LogP contribution in [-0.2, 0) is 0 Å². The van der Waals surface area contributed by atoms with Crippen molar-refractivity contribution in [2.24, 2.45) is 5.92 Å². The second kappa shape index (κ2) is 11.2. The van der Waals surface area contributed by atoms with Crippen LogP contribution in [0.4, 0.5) is 0 Å². The SMILES string of the molecule is C=C/C=C(\C=C)CC(C)CC.CC. The first kappa shape index (κ1) is 14.7. The Kier molecular flexibility index (Phi) is 12.7. The lowest BCUT2D eigenvalue weighted by Crippen LogP contribution is -1.92. The Labute approximate surface area is 84.1 Å². The molecule has 0 saturated heterocycles. The van der Waals surface area contributed by atoms with E-state index in [-0.39, 0.29) is 0 Å². The molecule has 0 fully saturated rings. The molecule has 1 atom stereocenters. The fourth-order valence-corrected chi connectivity index (χ4v) is 0.917. The van der Waals surface area contributed by atoms with Crippen LogP contribution in [0.3, 0.4) is 0 Å². The van der Waals surface area contributed by atoms with Crippen molar-refractivity contribution in [1.82, 2.24) is 0 Å². The van der Waals surface area contributed by atoms with Gasteiger partial charge in [0.1, 0.15) is 0 Å². The zero-order valence-corrected chi connectivity index (χ0v) is 9.64. The van der Waals surface area contributed by atoms with Gasteiger partial charge in [0.05, 0.1) is 0 Å². The molecule has 1 unspecified atom stereocenters. The lowest BCUT2D eigenvalue weighted by Gasteiger charge is -2.07. The van der Waals surface area contributed by atoms with Crippen molar-refractivity contribution in [3.05, 3.63) is 37.0 Å². The monoisotopic (exact) mass is 180 g/mol. The van der Waals surface area contributed by atoms with E-state index < -0.39 is 0 Å². The second-order valence-electron chi connectivity index (χ2n) is 2.90. The van der Waals surface area contributed by atoms with Gasteiger partial charge in [-0.15, -0.1) is 0 Å². The van der Waals surface area contributed by atoms with Crippen LogP contribution in [0.1, 0.15) is 40.5 Å². The Balaban J connectivity index is 0. The molecule has 76 valence electrons. The van der Waals surface area contributed by atoms with Crippen LogP contribution in [0.15, 0.2) is 37.0 Å². The minimum absolute atomic E-state index is 0.749. The molecule has 0 heteroatoms. The van der Waals surface area contributed by atoms with E-state index in [4.69, 9.17) is 0 Å². The molecule has 0 heterocycles. The van der Waals surface area contributed by atoms with Crippen molar-refractivity contribution in [2.75, 3.05) is 0 Å². The molecular formula is C13H24. The van der Waals surface area contributed by atoms with Gasteiger partial charge in [-0.1, -0.05) is 65.5 Å². The zero-order chi connectivity index (χ0) is 10.7. The van der Waals surface area contributed by atoms with Crippen LogP contribution in [0, 0.1) is 5.92 Å². The van der Waals surface area contributed by atoms with Gasteiger partial charge in [0.25, 0.3) is 0 Å². The summed E-state index contributed by atoms with van der Waals surface area (Å²) in [4.78, 5) is 0. The molecule has 0 nitrogen and oxygen atoms in total. The van der Waals surface area contributed by atoms with Crippen LogP contribution in [0.5, 0.6) is 0 Å². The minimum atomic E-state index is 0.749. The van der Waals surface area contributed by atoms with Gasteiger partial charge in [-0.05, 0) is 17.9 Å². The maximum Gasteiger partial charge on any atom is -0.0253 e. The van der Waals surface area contributed by atoms with Gasteiger partial charge in [0, 0.05) is 0 Å².